The van der Waals surface area contributed by atoms with Crippen molar-refractivity contribution in [3.05, 3.63) is 46.5 Å². The van der Waals surface area contributed by atoms with Gasteiger partial charge in [-0.2, -0.15) is 5.26 Å². The number of benzene rings is 1. The number of nitrogens with one attached hydrogen (secondary N) is 1. The zero-order valence-corrected chi connectivity index (χ0v) is 10.4. The maximum Gasteiger partial charge on any atom is 0.0991 e. The molecule has 0 fully saturated rings. The van der Waals surface area contributed by atoms with Crippen LogP contribution in [0.3, 0.4) is 0 Å². The average Bonchev–Trinajstić information content (AvgIpc) is 2.28. The van der Waals surface area contributed by atoms with Gasteiger partial charge >= 0.3 is 0 Å². The van der Waals surface area contributed by atoms with Crippen LogP contribution in [-0.2, 0) is 0 Å². The number of hydrogen-bond donors (Lipinski definition) is 2. The molecule has 0 bridgehead atoms. The summed E-state index contributed by atoms with van der Waals surface area (Å²) >= 11 is 3.22. The van der Waals surface area contributed by atoms with Gasteiger partial charge in [0, 0.05) is 17.6 Å². The van der Waals surface area contributed by atoms with Crippen LogP contribution in [0.15, 0.2) is 35.3 Å². The van der Waals surface area contributed by atoms with Crippen LogP contribution < -0.4 is 5.32 Å². The highest BCUT2D eigenvalue weighted by Crippen LogP contribution is 2.12. The van der Waals surface area contributed by atoms with Crippen molar-refractivity contribution in [2.75, 3.05) is 13.1 Å². The maximum absolute atomic E-state index is 9.81. The highest BCUT2D eigenvalue weighted by molar-refractivity contribution is 9.11. The molecule has 0 spiro atoms. The molecule has 0 saturated carbocycles. The summed E-state index contributed by atoms with van der Waals surface area (Å²) in [6.07, 6.45) is -0.570. The Hall–Kier alpha value is -1.15. The minimum Gasteiger partial charge on any atom is -0.387 e. The monoisotopic (exact) mass is 280 g/mol. The van der Waals surface area contributed by atoms with Gasteiger partial charge < -0.3 is 10.4 Å². The van der Waals surface area contributed by atoms with E-state index < -0.39 is 6.10 Å². The van der Waals surface area contributed by atoms with Gasteiger partial charge in [0.15, 0.2) is 0 Å². The SMILES string of the molecule is C=C(Br)CNCC(O)c1ccc(C#N)cc1. The normalized spacial score (nSPS) is 11.8. The second-order valence-electron chi connectivity index (χ2n) is 3.40. The Balaban J connectivity index is 2.49. The van der Waals surface area contributed by atoms with Crippen molar-refractivity contribution < 1.29 is 5.11 Å². The van der Waals surface area contributed by atoms with E-state index in [1.807, 2.05) is 6.07 Å². The zero-order valence-electron chi connectivity index (χ0n) is 8.78. The van der Waals surface area contributed by atoms with Crippen molar-refractivity contribution in [2.24, 2.45) is 0 Å². The lowest BCUT2D eigenvalue weighted by Gasteiger charge is -2.11. The fourth-order valence-electron chi connectivity index (χ4n) is 1.24. The number of nitriles is 1. The fraction of sp³-hybridized carbons (Fsp3) is 0.250. The van der Waals surface area contributed by atoms with Gasteiger partial charge in [0.05, 0.1) is 17.7 Å². The highest BCUT2D eigenvalue weighted by atomic mass is 79.9. The van der Waals surface area contributed by atoms with Gasteiger partial charge in [0.1, 0.15) is 0 Å². The quantitative estimate of drug-likeness (QED) is 0.869. The van der Waals surface area contributed by atoms with E-state index in [4.69, 9.17) is 5.26 Å². The molecule has 0 radical (unpaired) electrons. The Morgan fingerprint density at radius 3 is 2.62 bits per heavy atom. The summed E-state index contributed by atoms with van der Waals surface area (Å²) in [5, 5.41) is 21.5. The molecular weight excluding hydrogens is 268 g/mol. The van der Waals surface area contributed by atoms with Crippen molar-refractivity contribution in [3.8, 4) is 6.07 Å². The molecule has 0 amide bonds. The maximum atomic E-state index is 9.81. The Labute approximate surface area is 104 Å². The van der Waals surface area contributed by atoms with E-state index in [1.54, 1.807) is 24.3 Å². The molecule has 0 saturated heterocycles. The predicted octanol–water partition coefficient (Wildman–Crippen LogP) is 2.09. The minimum atomic E-state index is -0.570. The average molecular weight is 281 g/mol. The molecule has 1 aromatic rings. The third-order valence-corrected chi connectivity index (χ3v) is 2.36. The molecular formula is C12H13BrN2O. The molecule has 4 heteroatoms. The van der Waals surface area contributed by atoms with Crippen LogP contribution >= 0.6 is 15.9 Å². The molecule has 1 rings (SSSR count). The van der Waals surface area contributed by atoms with Gasteiger partial charge in [-0.25, -0.2) is 0 Å². The van der Waals surface area contributed by atoms with E-state index in [0.29, 0.717) is 18.7 Å². The van der Waals surface area contributed by atoms with Crippen molar-refractivity contribution >= 4 is 15.9 Å². The topological polar surface area (TPSA) is 56.0 Å². The molecule has 1 unspecified atom stereocenters. The summed E-state index contributed by atoms with van der Waals surface area (Å²) in [4.78, 5) is 0. The van der Waals surface area contributed by atoms with E-state index in [1.165, 1.54) is 0 Å². The minimum absolute atomic E-state index is 0.455. The number of rotatable bonds is 5. The van der Waals surface area contributed by atoms with Crippen molar-refractivity contribution in [1.29, 1.82) is 5.26 Å². The smallest absolute Gasteiger partial charge is 0.0991 e. The number of halogens is 1. The first-order valence-corrected chi connectivity index (χ1v) is 5.65. The molecule has 2 N–H and O–H groups in total. The van der Waals surface area contributed by atoms with Gasteiger partial charge in [-0.1, -0.05) is 34.6 Å². The Morgan fingerprint density at radius 1 is 1.50 bits per heavy atom. The van der Waals surface area contributed by atoms with Crippen LogP contribution in [0.25, 0.3) is 0 Å². The number of aliphatic hydroxyl groups excluding tert-OH is 1. The lowest BCUT2D eigenvalue weighted by Crippen LogP contribution is -2.22. The first kappa shape index (κ1) is 12.9. The number of nitrogens with zero attached hydrogens (tertiary/aromatic N) is 1. The van der Waals surface area contributed by atoms with Crippen LogP contribution in [0.5, 0.6) is 0 Å². The van der Waals surface area contributed by atoms with E-state index in [0.717, 1.165) is 10.0 Å². The second-order valence-corrected chi connectivity index (χ2v) is 4.52. The van der Waals surface area contributed by atoms with Crippen LogP contribution in [0.2, 0.25) is 0 Å². The molecule has 0 aliphatic carbocycles. The van der Waals surface area contributed by atoms with Gasteiger partial charge in [0.2, 0.25) is 0 Å². The van der Waals surface area contributed by atoms with Crippen LogP contribution in [0, 0.1) is 11.3 Å². The Kier molecular flexibility index (Phi) is 5.20. The highest BCUT2D eigenvalue weighted by Gasteiger charge is 2.06. The summed E-state index contributed by atoms with van der Waals surface area (Å²) in [6.45, 7) is 4.76. The number of hydrogen-bond acceptors (Lipinski definition) is 3. The van der Waals surface area contributed by atoms with Crippen LogP contribution in [0.1, 0.15) is 17.2 Å². The molecule has 16 heavy (non-hydrogen) atoms. The first-order valence-electron chi connectivity index (χ1n) is 4.85. The van der Waals surface area contributed by atoms with E-state index >= 15 is 0 Å². The van der Waals surface area contributed by atoms with Gasteiger partial charge in [-0.3, -0.25) is 0 Å². The third-order valence-electron chi connectivity index (χ3n) is 2.08. The standard InChI is InChI=1S/C12H13BrN2O/c1-9(13)7-15-8-12(16)11-4-2-10(6-14)3-5-11/h2-5,12,15-16H,1,7-8H2. The van der Waals surface area contributed by atoms with Crippen molar-refractivity contribution in [1.82, 2.24) is 5.32 Å². The van der Waals surface area contributed by atoms with Gasteiger partial charge in [-0.05, 0) is 17.7 Å². The van der Waals surface area contributed by atoms with Crippen molar-refractivity contribution in [3.63, 3.8) is 0 Å². The van der Waals surface area contributed by atoms with E-state index in [-0.39, 0.29) is 0 Å². The molecule has 0 heterocycles. The summed E-state index contributed by atoms with van der Waals surface area (Å²) in [7, 11) is 0. The van der Waals surface area contributed by atoms with Gasteiger partial charge in [0.25, 0.3) is 0 Å². The van der Waals surface area contributed by atoms with Gasteiger partial charge in [-0.15, -0.1) is 0 Å². The summed E-state index contributed by atoms with van der Waals surface area (Å²) < 4.78 is 0.847. The molecule has 0 aliphatic rings. The van der Waals surface area contributed by atoms with E-state index in [9.17, 15) is 5.11 Å². The molecule has 84 valence electrons. The summed E-state index contributed by atoms with van der Waals surface area (Å²) in [5.74, 6) is 0. The number of aliphatic hydroxyl groups is 1. The molecule has 0 aromatic heterocycles. The zero-order chi connectivity index (χ0) is 12.0. The summed E-state index contributed by atoms with van der Waals surface area (Å²) in [6, 6.07) is 8.94. The fourth-order valence-corrected chi connectivity index (χ4v) is 1.44. The molecule has 1 atom stereocenters. The lowest BCUT2D eigenvalue weighted by molar-refractivity contribution is 0.176. The molecule has 1 aromatic carbocycles. The van der Waals surface area contributed by atoms with Crippen molar-refractivity contribution in [2.45, 2.75) is 6.10 Å². The Morgan fingerprint density at radius 2 is 2.12 bits per heavy atom. The molecule has 0 aliphatic heterocycles. The summed E-state index contributed by atoms with van der Waals surface area (Å²) in [5.41, 5.74) is 1.39. The molecule has 3 nitrogen and oxygen atoms in total. The lowest BCUT2D eigenvalue weighted by atomic mass is 10.1. The predicted molar refractivity (Wildman–Crippen MR) is 67.1 cm³/mol. The first-order chi connectivity index (χ1) is 7.63. The van der Waals surface area contributed by atoms with Crippen LogP contribution in [-0.4, -0.2) is 18.2 Å². The Bertz CT molecular complexity index is 394. The van der Waals surface area contributed by atoms with Crippen LogP contribution in [0.4, 0.5) is 0 Å². The second kappa shape index (κ2) is 6.44. The largest absolute Gasteiger partial charge is 0.387 e. The van der Waals surface area contributed by atoms with E-state index in [2.05, 4.69) is 27.8 Å². The third kappa shape index (κ3) is 4.15.